The molecule has 1 heterocycles. The molecule has 0 radical (unpaired) electrons. The fraction of sp³-hybridized carbons (Fsp3) is 0.500. The lowest BCUT2D eigenvalue weighted by Crippen LogP contribution is -2.50. The van der Waals surface area contributed by atoms with E-state index >= 15 is 0 Å². The van der Waals surface area contributed by atoms with Gasteiger partial charge in [-0.1, -0.05) is 18.2 Å². The molecule has 138 valence electrons. The van der Waals surface area contributed by atoms with Crippen LogP contribution >= 0.6 is 0 Å². The molecule has 1 aromatic rings. The number of methoxy groups -OCH3 is 2. The van der Waals surface area contributed by atoms with Crippen LogP contribution in [-0.4, -0.2) is 64.0 Å². The molecule has 25 heavy (non-hydrogen) atoms. The minimum absolute atomic E-state index is 0.0427. The van der Waals surface area contributed by atoms with E-state index in [0.29, 0.717) is 19.0 Å². The lowest BCUT2D eigenvalue weighted by atomic mass is 10.2. The minimum atomic E-state index is -0.801. The van der Waals surface area contributed by atoms with E-state index in [2.05, 4.69) is 10.2 Å². The van der Waals surface area contributed by atoms with Crippen LogP contribution in [0.5, 0.6) is 5.75 Å². The number of hydrogen-bond donors (Lipinski definition) is 1. The number of ether oxygens (including phenoxy) is 4. The van der Waals surface area contributed by atoms with Gasteiger partial charge in [0.15, 0.2) is 0 Å². The third-order valence-corrected chi connectivity index (χ3v) is 3.89. The first-order valence-corrected chi connectivity index (χ1v) is 8.25. The molecular formula is C18H26N2O5. The Labute approximate surface area is 148 Å². The van der Waals surface area contributed by atoms with Crippen molar-refractivity contribution in [3.05, 3.63) is 35.9 Å². The Morgan fingerprint density at radius 3 is 2.60 bits per heavy atom. The van der Waals surface area contributed by atoms with Gasteiger partial charge in [0.1, 0.15) is 5.75 Å². The average molecular weight is 350 g/mol. The van der Waals surface area contributed by atoms with E-state index in [0.717, 1.165) is 18.7 Å². The van der Waals surface area contributed by atoms with Gasteiger partial charge in [0.25, 0.3) is 0 Å². The Hall–Kier alpha value is -1.93. The van der Waals surface area contributed by atoms with Gasteiger partial charge in [-0.15, -0.1) is 0 Å². The zero-order valence-corrected chi connectivity index (χ0v) is 14.9. The molecule has 1 N–H and O–H groups in total. The summed E-state index contributed by atoms with van der Waals surface area (Å²) in [5.41, 5.74) is 0.760. The van der Waals surface area contributed by atoms with E-state index in [9.17, 15) is 4.79 Å². The maximum Gasteiger partial charge on any atom is 0.315 e. The van der Waals surface area contributed by atoms with Crippen molar-refractivity contribution < 1.29 is 23.7 Å². The van der Waals surface area contributed by atoms with Gasteiger partial charge in [-0.3, -0.25) is 9.69 Å². The van der Waals surface area contributed by atoms with Crippen molar-refractivity contribution in [1.82, 2.24) is 10.2 Å². The van der Waals surface area contributed by atoms with Gasteiger partial charge < -0.3 is 24.3 Å². The Kier molecular flexibility index (Phi) is 7.87. The lowest BCUT2D eigenvalue weighted by Gasteiger charge is -2.32. The van der Waals surface area contributed by atoms with Crippen LogP contribution in [0.25, 0.3) is 6.08 Å². The van der Waals surface area contributed by atoms with Crippen LogP contribution in [0.2, 0.25) is 0 Å². The molecule has 1 aliphatic heterocycles. The third-order valence-electron chi connectivity index (χ3n) is 3.89. The maximum atomic E-state index is 12.2. The van der Waals surface area contributed by atoms with Gasteiger partial charge in [-0.25, -0.2) is 0 Å². The highest BCUT2D eigenvalue weighted by Crippen LogP contribution is 2.21. The SMILES string of the molecule is COC(OC)Oc1ccccc1/C=C/C(=O)NC(C)N1CCOCC1. The van der Waals surface area contributed by atoms with E-state index in [-0.39, 0.29) is 12.1 Å². The molecule has 7 heteroatoms. The number of carbonyl (C=O) groups excluding carboxylic acids is 1. The fourth-order valence-corrected chi connectivity index (χ4v) is 2.50. The molecule has 0 saturated carbocycles. The van der Waals surface area contributed by atoms with Crippen LogP contribution in [0.4, 0.5) is 0 Å². The highest BCUT2D eigenvalue weighted by Gasteiger charge is 2.17. The zero-order valence-electron chi connectivity index (χ0n) is 14.9. The molecule has 0 aliphatic carbocycles. The summed E-state index contributed by atoms with van der Waals surface area (Å²) in [6, 6.07) is 7.36. The van der Waals surface area contributed by atoms with Crippen molar-refractivity contribution in [3.8, 4) is 5.75 Å². The Morgan fingerprint density at radius 2 is 1.92 bits per heavy atom. The van der Waals surface area contributed by atoms with Gasteiger partial charge in [0.2, 0.25) is 5.91 Å². The van der Waals surface area contributed by atoms with Crippen LogP contribution in [-0.2, 0) is 19.0 Å². The molecule has 0 bridgehead atoms. The van der Waals surface area contributed by atoms with Crippen LogP contribution in [0.15, 0.2) is 30.3 Å². The van der Waals surface area contributed by atoms with Crippen molar-refractivity contribution in [3.63, 3.8) is 0 Å². The smallest absolute Gasteiger partial charge is 0.315 e. The summed E-state index contributed by atoms with van der Waals surface area (Å²) in [5, 5.41) is 2.96. The van der Waals surface area contributed by atoms with E-state index < -0.39 is 6.48 Å². The summed E-state index contributed by atoms with van der Waals surface area (Å²) in [6.07, 6.45) is 3.16. The first-order valence-electron chi connectivity index (χ1n) is 8.25. The summed E-state index contributed by atoms with van der Waals surface area (Å²) in [5.74, 6) is 0.408. The van der Waals surface area contributed by atoms with Crippen molar-refractivity contribution in [1.29, 1.82) is 0 Å². The fourth-order valence-electron chi connectivity index (χ4n) is 2.50. The van der Waals surface area contributed by atoms with Gasteiger partial charge in [-0.05, 0) is 19.1 Å². The summed E-state index contributed by atoms with van der Waals surface area (Å²) in [7, 11) is 2.99. The summed E-state index contributed by atoms with van der Waals surface area (Å²) in [4.78, 5) is 14.3. The molecule has 7 nitrogen and oxygen atoms in total. The molecule has 1 aliphatic rings. The average Bonchev–Trinajstić information content (AvgIpc) is 2.65. The number of morpholine rings is 1. The second-order valence-corrected chi connectivity index (χ2v) is 5.58. The quantitative estimate of drug-likeness (QED) is 0.565. The molecule has 1 fully saturated rings. The van der Waals surface area contributed by atoms with Gasteiger partial charge >= 0.3 is 6.48 Å². The minimum Gasteiger partial charge on any atom is -0.441 e. The van der Waals surface area contributed by atoms with E-state index in [1.807, 2.05) is 25.1 Å². The maximum absolute atomic E-state index is 12.2. The third kappa shape index (κ3) is 6.13. The molecule has 1 unspecified atom stereocenters. The molecule has 1 amide bonds. The van der Waals surface area contributed by atoms with Crippen molar-refractivity contribution in [2.75, 3.05) is 40.5 Å². The molecule has 2 rings (SSSR count). The van der Waals surface area contributed by atoms with Crippen molar-refractivity contribution in [2.24, 2.45) is 0 Å². The molecule has 1 aromatic carbocycles. The van der Waals surface area contributed by atoms with Crippen LogP contribution < -0.4 is 10.1 Å². The Bertz CT molecular complexity index is 568. The summed E-state index contributed by atoms with van der Waals surface area (Å²) in [6.45, 7) is 4.19. The number of rotatable bonds is 8. The normalized spacial score (nSPS) is 17.0. The molecular weight excluding hydrogens is 324 g/mol. The number of benzene rings is 1. The number of nitrogens with one attached hydrogen (secondary N) is 1. The Balaban J connectivity index is 1.95. The number of nitrogens with zero attached hydrogens (tertiary/aromatic N) is 1. The van der Waals surface area contributed by atoms with Crippen molar-refractivity contribution in [2.45, 2.75) is 19.6 Å². The highest BCUT2D eigenvalue weighted by atomic mass is 16.8. The van der Waals surface area contributed by atoms with Crippen LogP contribution in [0, 0.1) is 0 Å². The predicted molar refractivity (Wildman–Crippen MR) is 93.9 cm³/mol. The van der Waals surface area contributed by atoms with E-state index in [1.54, 1.807) is 12.1 Å². The molecule has 0 aromatic heterocycles. The first-order chi connectivity index (χ1) is 12.1. The van der Waals surface area contributed by atoms with Crippen LogP contribution in [0.1, 0.15) is 12.5 Å². The summed E-state index contributed by atoms with van der Waals surface area (Å²) < 4.78 is 21.0. The van der Waals surface area contributed by atoms with E-state index in [4.69, 9.17) is 18.9 Å². The predicted octanol–water partition coefficient (Wildman–Crippen LogP) is 1.45. The summed E-state index contributed by atoms with van der Waals surface area (Å²) >= 11 is 0. The standard InChI is InChI=1S/C18H26N2O5/c1-14(20-10-12-24-13-11-20)19-17(21)9-8-15-6-4-5-7-16(15)25-18(22-2)23-3/h4-9,14,18H,10-13H2,1-3H3,(H,19,21)/b9-8+. The zero-order chi connectivity index (χ0) is 18.1. The number of amides is 1. The number of hydrogen-bond acceptors (Lipinski definition) is 6. The first kappa shape index (κ1) is 19.4. The van der Waals surface area contributed by atoms with Gasteiger partial charge in [-0.2, -0.15) is 0 Å². The number of para-hydroxylation sites is 1. The second-order valence-electron chi connectivity index (χ2n) is 5.58. The highest BCUT2D eigenvalue weighted by molar-refractivity contribution is 5.92. The molecule has 0 spiro atoms. The van der Waals surface area contributed by atoms with Gasteiger partial charge in [0, 0.05) is 38.9 Å². The topological polar surface area (TPSA) is 69.3 Å². The van der Waals surface area contributed by atoms with Crippen molar-refractivity contribution >= 4 is 12.0 Å². The number of carbonyl (C=O) groups is 1. The molecule has 1 atom stereocenters. The largest absolute Gasteiger partial charge is 0.441 e. The second kappa shape index (κ2) is 10.1. The van der Waals surface area contributed by atoms with Crippen LogP contribution in [0.3, 0.4) is 0 Å². The monoisotopic (exact) mass is 350 g/mol. The van der Waals surface area contributed by atoms with E-state index in [1.165, 1.54) is 20.3 Å². The van der Waals surface area contributed by atoms with Gasteiger partial charge in [0.05, 0.1) is 19.4 Å². The lowest BCUT2D eigenvalue weighted by molar-refractivity contribution is -0.219. The molecule has 1 saturated heterocycles. The Morgan fingerprint density at radius 1 is 1.24 bits per heavy atom.